The zero-order valence-corrected chi connectivity index (χ0v) is 8.70. The average molecular weight is 190 g/mol. The molecule has 2 aliphatic rings. The molecule has 0 fully saturated rings. The van der Waals surface area contributed by atoms with E-state index in [1.165, 1.54) is 18.3 Å². The predicted octanol–water partition coefficient (Wildman–Crippen LogP) is 2.24. The van der Waals surface area contributed by atoms with Gasteiger partial charge in [-0.3, -0.25) is 0 Å². The summed E-state index contributed by atoms with van der Waals surface area (Å²) in [5, 5.41) is 0. The highest BCUT2D eigenvalue weighted by Crippen LogP contribution is 2.44. The molecule has 0 aromatic rings. The van der Waals surface area contributed by atoms with Crippen LogP contribution in [0.1, 0.15) is 13.8 Å². The van der Waals surface area contributed by atoms with Gasteiger partial charge in [0.05, 0.1) is 7.11 Å². The van der Waals surface area contributed by atoms with Crippen molar-refractivity contribution in [1.29, 1.82) is 0 Å². The number of hydrogen-bond acceptors (Lipinski definition) is 2. The third kappa shape index (κ3) is 1.14. The highest BCUT2D eigenvalue weighted by molar-refractivity contribution is 5.92. The monoisotopic (exact) mass is 190 g/mol. The van der Waals surface area contributed by atoms with Crippen LogP contribution in [0.4, 0.5) is 0 Å². The van der Waals surface area contributed by atoms with Crippen LogP contribution in [0.25, 0.3) is 0 Å². The van der Waals surface area contributed by atoms with Gasteiger partial charge in [0.2, 0.25) is 0 Å². The largest absolute Gasteiger partial charge is 0.466 e. The van der Waals surface area contributed by atoms with Crippen LogP contribution < -0.4 is 0 Å². The lowest BCUT2D eigenvalue weighted by atomic mass is 9.95. The number of carbonyl (C=O) groups excluding carboxylic acids is 1. The van der Waals surface area contributed by atoms with Gasteiger partial charge in [-0.1, -0.05) is 23.8 Å². The first-order valence-corrected chi connectivity index (χ1v) is 4.80. The lowest BCUT2D eigenvalue weighted by Gasteiger charge is -2.10. The van der Waals surface area contributed by atoms with Gasteiger partial charge in [0, 0.05) is 17.4 Å². The molecule has 0 N–H and O–H groups in total. The molecular weight excluding hydrogens is 176 g/mol. The minimum absolute atomic E-state index is 0.178. The molecule has 0 saturated heterocycles. The van der Waals surface area contributed by atoms with Crippen molar-refractivity contribution >= 4 is 5.97 Å². The number of carbonyl (C=O) groups is 1. The van der Waals surface area contributed by atoms with E-state index in [1.54, 1.807) is 0 Å². The Hall–Kier alpha value is -1.31. The second-order valence-corrected chi connectivity index (χ2v) is 3.96. The SMILES string of the molecule is COC(=O)C1=C[C@@H]2C=C[C@H]1C2=C(C)C. The van der Waals surface area contributed by atoms with Crippen LogP contribution in [-0.2, 0) is 9.53 Å². The zero-order chi connectivity index (χ0) is 10.3. The van der Waals surface area contributed by atoms with E-state index in [0.29, 0.717) is 5.92 Å². The molecule has 74 valence electrons. The molecular formula is C12H14O2. The van der Waals surface area contributed by atoms with Crippen LogP contribution in [0, 0.1) is 11.8 Å². The Labute approximate surface area is 83.9 Å². The van der Waals surface area contributed by atoms with Gasteiger partial charge in [0.1, 0.15) is 0 Å². The number of ether oxygens (including phenoxy) is 1. The third-order valence-corrected chi connectivity index (χ3v) is 2.90. The standard InChI is InChI=1S/C12H14O2/c1-7(2)11-8-4-5-9(11)10(6-8)12(13)14-3/h4-6,8-9H,1-3H3/t8-,9+/m0/s1. The van der Waals surface area contributed by atoms with Gasteiger partial charge >= 0.3 is 5.97 Å². The smallest absolute Gasteiger partial charge is 0.334 e. The molecule has 0 aromatic carbocycles. The van der Waals surface area contributed by atoms with Crippen molar-refractivity contribution in [3.05, 3.63) is 34.9 Å². The summed E-state index contributed by atoms with van der Waals surface area (Å²) in [5.74, 6) is 0.317. The van der Waals surface area contributed by atoms with Crippen molar-refractivity contribution in [3.63, 3.8) is 0 Å². The first kappa shape index (κ1) is 9.25. The van der Waals surface area contributed by atoms with E-state index in [1.807, 2.05) is 6.08 Å². The van der Waals surface area contributed by atoms with E-state index in [0.717, 1.165) is 5.57 Å². The Bertz CT molecular complexity index is 368. The fourth-order valence-corrected chi connectivity index (χ4v) is 2.32. The van der Waals surface area contributed by atoms with Gasteiger partial charge in [-0.2, -0.15) is 0 Å². The molecule has 2 rings (SSSR count). The van der Waals surface area contributed by atoms with Crippen LogP contribution in [-0.4, -0.2) is 13.1 Å². The Morgan fingerprint density at radius 1 is 1.36 bits per heavy atom. The summed E-state index contributed by atoms with van der Waals surface area (Å²) in [6, 6.07) is 0. The molecule has 14 heavy (non-hydrogen) atoms. The lowest BCUT2D eigenvalue weighted by molar-refractivity contribution is -0.136. The lowest BCUT2D eigenvalue weighted by Crippen LogP contribution is -2.10. The van der Waals surface area contributed by atoms with E-state index in [4.69, 9.17) is 4.74 Å². The maximum atomic E-state index is 11.4. The molecule has 2 aliphatic carbocycles. The first-order valence-electron chi connectivity index (χ1n) is 4.80. The summed E-state index contributed by atoms with van der Waals surface area (Å²) in [6.07, 6.45) is 6.26. The van der Waals surface area contributed by atoms with Crippen molar-refractivity contribution in [2.24, 2.45) is 11.8 Å². The first-order chi connectivity index (χ1) is 6.65. The van der Waals surface area contributed by atoms with Crippen LogP contribution in [0.2, 0.25) is 0 Å². The molecule has 2 nitrogen and oxygen atoms in total. The van der Waals surface area contributed by atoms with E-state index in [-0.39, 0.29) is 11.9 Å². The van der Waals surface area contributed by atoms with Crippen molar-refractivity contribution in [2.45, 2.75) is 13.8 Å². The molecule has 2 bridgehead atoms. The molecule has 0 spiro atoms. The molecule has 0 aromatic heterocycles. The maximum Gasteiger partial charge on any atom is 0.334 e. The summed E-state index contributed by atoms with van der Waals surface area (Å²) >= 11 is 0. The van der Waals surface area contributed by atoms with E-state index < -0.39 is 0 Å². The molecule has 0 radical (unpaired) electrons. The van der Waals surface area contributed by atoms with Crippen LogP contribution in [0.3, 0.4) is 0 Å². The van der Waals surface area contributed by atoms with Gasteiger partial charge < -0.3 is 4.74 Å². The van der Waals surface area contributed by atoms with Gasteiger partial charge in [-0.15, -0.1) is 0 Å². The Kier molecular flexibility index (Phi) is 2.06. The quantitative estimate of drug-likeness (QED) is 0.468. The number of esters is 1. The van der Waals surface area contributed by atoms with Crippen LogP contribution in [0.15, 0.2) is 34.9 Å². The van der Waals surface area contributed by atoms with E-state index in [2.05, 4.69) is 26.0 Å². The fraction of sp³-hybridized carbons (Fsp3) is 0.417. The Morgan fingerprint density at radius 3 is 2.57 bits per heavy atom. The Balaban J connectivity index is 2.34. The molecule has 0 amide bonds. The van der Waals surface area contributed by atoms with Crippen molar-refractivity contribution < 1.29 is 9.53 Å². The second kappa shape index (κ2) is 3.12. The summed E-state index contributed by atoms with van der Waals surface area (Å²) in [4.78, 5) is 11.4. The maximum absolute atomic E-state index is 11.4. The minimum atomic E-state index is -0.194. The number of fused-ring (bicyclic) bond motifs is 2. The van der Waals surface area contributed by atoms with Crippen molar-refractivity contribution in [1.82, 2.24) is 0 Å². The van der Waals surface area contributed by atoms with Gasteiger partial charge in [-0.05, 0) is 19.4 Å². The summed E-state index contributed by atoms with van der Waals surface area (Å²) in [7, 11) is 1.43. The Morgan fingerprint density at radius 2 is 2.07 bits per heavy atom. The molecule has 0 unspecified atom stereocenters. The highest BCUT2D eigenvalue weighted by Gasteiger charge is 2.37. The number of rotatable bonds is 1. The normalized spacial score (nSPS) is 27.9. The van der Waals surface area contributed by atoms with Gasteiger partial charge in [-0.25, -0.2) is 4.79 Å². The number of methoxy groups -OCH3 is 1. The van der Waals surface area contributed by atoms with Crippen molar-refractivity contribution in [2.75, 3.05) is 7.11 Å². The predicted molar refractivity (Wildman–Crippen MR) is 54.6 cm³/mol. The molecule has 0 aliphatic heterocycles. The topological polar surface area (TPSA) is 26.3 Å². The molecule has 0 heterocycles. The third-order valence-electron chi connectivity index (χ3n) is 2.90. The summed E-state index contributed by atoms with van der Waals surface area (Å²) in [6.45, 7) is 4.19. The summed E-state index contributed by atoms with van der Waals surface area (Å²) < 4.78 is 4.75. The number of allylic oxidation sites excluding steroid dienone is 5. The van der Waals surface area contributed by atoms with Crippen LogP contribution >= 0.6 is 0 Å². The molecule has 2 atom stereocenters. The minimum Gasteiger partial charge on any atom is -0.466 e. The molecule has 2 heteroatoms. The van der Waals surface area contributed by atoms with Crippen molar-refractivity contribution in [3.8, 4) is 0 Å². The average Bonchev–Trinajstić information content (AvgIpc) is 2.72. The van der Waals surface area contributed by atoms with E-state index in [9.17, 15) is 4.79 Å². The second-order valence-electron chi connectivity index (χ2n) is 3.96. The van der Waals surface area contributed by atoms with Gasteiger partial charge in [0.15, 0.2) is 0 Å². The summed E-state index contributed by atoms with van der Waals surface area (Å²) in [5.41, 5.74) is 3.46. The zero-order valence-electron chi connectivity index (χ0n) is 8.70. The van der Waals surface area contributed by atoms with Gasteiger partial charge in [0.25, 0.3) is 0 Å². The highest BCUT2D eigenvalue weighted by atomic mass is 16.5. The fourth-order valence-electron chi connectivity index (χ4n) is 2.32. The van der Waals surface area contributed by atoms with E-state index >= 15 is 0 Å². The van der Waals surface area contributed by atoms with Crippen LogP contribution in [0.5, 0.6) is 0 Å². The molecule has 0 saturated carbocycles. The number of hydrogen-bond donors (Lipinski definition) is 0.